The summed E-state index contributed by atoms with van der Waals surface area (Å²) in [6, 6.07) is 0. The predicted octanol–water partition coefficient (Wildman–Crippen LogP) is 2.94. The number of thioether (sulfide) groups is 1. The van der Waals surface area contributed by atoms with Gasteiger partial charge in [0.25, 0.3) is 0 Å². The number of ether oxygens (including phenoxy) is 1. The van der Waals surface area contributed by atoms with Gasteiger partial charge in [-0.05, 0) is 18.6 Å². The molecule has 2 rings (SSSR count). The van der Waals surface area contributed by atoms with Crippen molar-refractivity contribution in [2.24, 2.45) is 4.99 Å². The summed E-state index contributed by atoms with van der Waals surface area (Å²) in [5.41, 5.74) is -0.0298. The molecule has 7 heteroatoms. The molecular weight excluding hydrogens is 336 g/mol. The second-order valence-corrected chi connectivity index (χ2v) is 9.11. The third-order valence-electron chi connectivity index (χ3n) is 4.36. The predicted molar refractivity (Wildman–Crippen MR) is 104 cm³/mol. The van der Waals surface area contributed by atoms with Gasteiger partial charge in [-0.1, -0.05) is 27.7 Å². The Labute approximate surface area is 155 Å². The minimum atomic E-state index is -0.0298. The van der Waals surface area contributed by atoms with Crippen LogP contribution in [0.4, 0.5) is 0 Å². The third kappa shape index (κ3) is 5.92. The second-order valence-electron chi connectivity index (χ2n) is 7.38. The van der Waals surface area contributed by atoms with E-state index >= 15 is 0 Å². The molecule has 0 amide bonds. The highest BCUT2D eigenvalue weighted by Crippen LogP contribution is 2.34. The van der Waals surface area contributed by atoms with Crippen LogP contribution in [-0.4, -0.2) is 48.2 Å². The fourth-order valence-corrected chi connectivity index (χ4v) is 4.03. The maximum Gasteiger partial charge on any atom is 0.213 e. The van der Waals surface area contributed by atoms with Crippen LogP contribution in [0, 0.1) is 0 Å². The topological polar surface area (TPSA) is 71.7 Å². The summed E-state index contributed by atoms with van der Waals surface area (Å²) < 4.78 is 11.6. The summed E-state index contributed by atoms with van der Waals surface area (Å²) >= 11 is 2.02. The van der Waals surface area contributed by atoms with Crippen LogP contribution < -0.4 is 10.6 Å². The van der Waals surface area contributed by atoms with Crippen LogP contribution in [0.5, 0.6) is 0 Å². The molecule has 1 aromatic heterocycles. The molecule has 142 valence electrons. The number of aromatic nitrogens is 1. The van der Waals surface area contributed by atoms with Gasteiger partial charge in [0.1, 0.15) is 5.76 Å². The SMILES string of the molecule is CCSC1(CNC(=NC)NCc2ncc(C(C)(C)C)o2)CCOCC1. The van der Waals surface area contributed by atoms with Crippen LogP contribution in [0.25, 0.3) is 0 Å². The van der Waals surface area contributed by atoms with Crippen molar-refractivity contribution in [1.82, 2.24) is 15.6 Å². The quantitative estimate of drug-likeness (QED) is 0.594. The molecular formula is C18H32N4O2S. The molecule has 25 heavy (non-hydrogen) atoms. The molecule has 1 saturated heterocycles. The van der Waals surface area contributed by atoms with Crippen molar-refractivity contribution in [2.75, 3.05) is 32.6 Å². The van der Waals surface area contributed by atoms with E-state index in [2.05, 4.69) is 48.3 Å². The Bertz CT molecular complexity index is 554. The largest absolute Gasteiger partial charge is 0.443 e. The number of rotatable bonds is 6. The van der Waals surface area contributed by atoms with E-state index in [-0.39, 0.29) is 10.2 Å². The molecule has 0 atom stereocenters. The van der Waals surface area contributed by atoms with Crippen molar-refractivity contribution >= 4 is 17.7 Å². The Balaban J connectivity index is 1.87. The van der Waals surface area contributed by atoms with Gasteiger partial charge >= 0.3 is 0 Å². The first-order chi connectivity index (χ1) is 11.9. The van der Waals surface area contributed by atoms with Gasteiger partial charge in [-0.3, -0.25) is 4.99 Å². The zero-order valence-corrected chi connectivity index (χ0v) is 17.0. The lowest BCUT2D eigenvalue weighted by Gasteiger charge is -2.37. The standard InChI is InChI=1S/C18H32N4O2S/c1-6-25-18(7-9-23-10-8-18)13-22-16(19-5)21-12-15-20-11-14(24-15)17(2,3)4/h11H,6-10,12-13H2,1-5H3,(H2,19,21,22). The molecule has 1 aliphatic rings. The van der Waals surface area contributed by atoms with Crippen molar-refractivity contribution in [3.05, 3.63) is 17.8 Å². The van der Waals surface area contributed by atoms with Crippen molar-refractivity contribution < 1.29 is 9.15 Å². The van der Waals surface area contributed by atoms with E-state index in [1.165, 1.54) is 0 Å². The summed E-state index contributed by atoms with van der Waals surface area (Å²) in [5.74, 6) is 3.46. The summed E-state index contributed by atoms with van der Waals surface area (Å²) in [5, 5.41) is 6.76. The number of hydrogen-bond donors (Lipinski definition) is 2. The number of oxazole rings is 1. The van der Waals surface area contributed by atoms with Gasteiger partial charge in [0.15, 0.2) is 5.96 Å². The zero-order chi connectivity index (χ0) is 18.3. The molecule has 0 saturated carbocycles. The van der Waals surface area contributed by atoms with Crippen molar-refractivity contribution in [3.8, 4) is 0 Å². The maximum absolute atomic E-state index is 5.82. The van der Waals surface area contributed by atoms with E-state index in [9.17, 15) is 0 Å². The monoisotopic (exact) mass is 368 g/mol. The van der Waals surface area contributed by atoms with Crippen molar-refractivity contribution in [1.29, 1.82) is 0 Å². The molecule has 0 spiro atoms. The first kappa shape index (κ1) is 20.1. The van der Waals surface area contributed by atoms with Gasteiger partial charge in [-0.2, -0.15) is 11.8 Å². The molecule has 1 aromatic rings. The Morgan fingerprint density at radius 3 is 2.60 bits per heavy atom. The van der Waals surface area contributed by atoms with Gasteiger partial charge in [0.05, 0.1) is 12.7 Å². The highest BCUT2D eigenvalue weighted by molar-refractivity contribution is 8.00. The van der Waals surface area contributed by atoms with Crippen LogP contribution in [0.15, 0.2) is 15.6 Å². The first-order valence-electron chi connectivity index (χ1n) is 9.00. The number of nitrogens with one attached hydrogen (secondary N) is 2. The Morgan fingerprint density at radius 1 is 1.32 bits per heavy atom. The Morgan fingerprint density at radius 2 is 2.04 bits per heavy atom. The normalized spacial score (nSPS) is 18.2. The van der Waals surface area contributed by atoms with Crippen molar-refractivity contribution in [2.45, 2.75) is 57.2 Å². The molecule has 0 aromatic carbocycles. The minimum absolute atomic E-state index is 0.0298. The van der Waals surface area contributed by atoms with E-state index in [4.69, 9.17) is 9.15 Å². The van der Waals surface area contributed by atoms with Crippen LogP contribution in [0.1, 0.15) is 52.2 Å². The number of guanidine groups is 1. The lowest BCUT2D eigenvalue weighted by Crippen LogP contribution is -2.48. The van der Waals surface area contributed by atoms with E-state index in [1.54, 1.807) is 7.05 Å². The highest BCUT2D eigenvalue weighted by atomic mass is 32.2. The number of aliphatic imine (C=N–C) groups is 1. The lowest BCUT2D eigenvalue weighted by atomic mass is 9.94. The summed E-state index contributed by atoms with van der Waals surface area (Å²) in [7, 11) is 1.79. The van der Waals surface area contributed by atoms with Crippen LogP contribution in [0.2, 0.25) is 0 Å². The average Bonchev–Trinajstić information content (AvgIpc) is 3.05. The average molecular weight is 369 g/mol. The smallest absolute Gasteiger partial charge is 0.213 e. The molecule has 2 N–H and O–H groups in total. The number of nitrogens with zero attached hydrogens (tertiary/aromatic N) is 2. The van der Waals surface area contributed by atoms with Gasteiger partial charge in [0, 0.05) is 37.0 Å². The van der Waals surface area contributed by atoms with Gasteiger partial charge in [-0.15, -0.1) is 0 Å². The summed E-state index contributed by atoms with van der Waals surface area (Å²) in [6.45, 7) is 11.6. The van der Waals surface area contributed by atoms with Crippen LogP contribution >= 0.6 is 11.8 Å². The fourth-order valence-electron chi connectivity index (χ4n) is 2.79. The Kier molecular flexibility index (Phi) is 7.19. The minimum Gasteiger partial charge on any atom is -0.443 e. The fraction of sp³-hybridized carbons (Fsp3) is 0.778. The molecule has 1 fully saturated rings. The molecule has 1 aliphatic heterocycles. The summed E-state index contributed by atoms with van der Waals surface area (Å²) in [6.07, 6.45) is 3.95. The van der Waals surface area contributed by atoms with Gasteiger partial charge in [-0.25, -0.2) is 4.98 Å². The van der Waals surface area contributed by atoms with Crippen molar-refractivity contribution in [3.63, 3.8) is 0 Å². The summed E-state index contributed by atoms with van der Waals surface area (Å²) in [4.78, 5) is 8.67. The van der Waals surface area contributed by atoms with Crippen LogP contribution in [0.3, 0.4) is 0 Å². The molecule has 0 bridgehead atoms. The first-order valence-corrected chi connectivity index (χ1v) is 9.98. The maximum atomic E-state index is 5.82. The number of hydrogen-bond acceptors (Lipinski definition) is 5. The molecule has 0 unspecified atom stereocenters. The van der Waals surface area contributed by atoms with E-state index in [1.807, 2.05) is 18.0 Å². The molecule has 0 radical (unpaired) electrons. The Hall–Kier alpha value is -1.21. The zero-order valence-electron chi connectivity index (χ0n) is 16.1. The molecule has 6 nitrogen and oxygen atoms in total. The third-order valence-corrected chi connectivity index (χ3v) is 5.81. The van der Waals surface area contributed by atoms with Gasteiger partial charge < -0.3 is 19.8 Å². The van der Waals surface area contributed by atoms with Crippen LogP contribution in [-0.2, 0) is 16.7 Å². The lowest BCUT2D eigenvalue weighted by molar-refractivity contribution is 0.0782. The van der Waals surface area contributed by atoms with E-state index < -0.39 is 0 Å². The highest BCUT2D eigenvalue weighted by Gasteiger charge is 2.32. The second kappa shape index (κ2) is 8.94. The van der Waals surface area contributed by atoms with E-state index in [0.29, 0.717) is 12.4 Å². The van der Waals surface area contributed by atoms with E-state index in [0.717, 1.165) is 50.1 Å². The molecule has 0 aliphatic carbocycles. The van der Waals surface area contributed by atoms with Gasteiger partial charge in [0.2, 0.25) is 5.89 Å². The molecule has 2 heterocycles.